The zero-order valence-corrected chi connectivity index (χ0v) is 26.4. The molecular formula is C44H24N2OS. The minimum atomic E-state index is 0.728. The van der Waals surface area contributed by atoms with Gasteiger partial charge in [-0.2, -0.15) is 0 Å². The van der Waals surface area contributed by atoms with E-state index in [-0.39, 0.29) is 0 Å². The average molecular weight is 629 g/mol. The summed E-state index contributed by atoms with van der Waals surface area (Å²) in [5.74, 6) is 0.728. The molecule has 0 aliphatic carbocycles. The van der Waals surface area contributed by atoms with Crippen molar-refractivity contribution >= 4 is 96.7 Å². The highest BCUT2D eigenvalue weighted by Crippen LogP contribution is 2.42. The lowest BCUT2D eigenvalue weighted by Gasteiger charge is -2.12. The molecule has 11 rings (SSSR count). The Morgan fingerprint density at radius 3 is 2.15 bits per heavy atom. The molecule has 0 saturated heterocycles. The van der Waals surface area contributed by atoms with Gasteiger partial charge in [0.05, 0.1) is 11.2 Å². The Kier molecular flexibility index (Phi) is 5.26. The van der Waals surface area contributed by atoms with Gasteiger partial charge in [0.25, 0.3) is 0 Å². The number of hydrogen-bond donors (Lipinski definition) is 0. The average Bonchev–Trinajstić information content (AvgIpc) is 3.73. The first kappa shape index (κ1) is 26.0. The number of nitrogens with zero attached hydrogens (tertiary/aromatic N) is 2. The molecule has 0 amide bonds. The third kappa shape index (κ3) is 3.63. The normalized spacial score (nSPS) is 12.2. The third-order valence-corrected chi connectivity index (χ3v) is 11.1. The van der Waals surface area contributed by atoms with Crippen molar-refractivity contribution in [3.05, 3.63) is 146 Å². The van der Waals surface area contributed by atoms with Crippen LogP contribution in [0.1, 0.15) is 0 Å². The minimum absolute atomic E-state index is 0.728. The van der Waals surface area contributed by atoms with Gasteiger partial charge >= 0.3 is 0 Å². The molecule has 3 aromatic heterocycles. The van der Waals surface area contributed by atoms with Crippen molar-refractivity contribution in [3.63, 3.8) is 0 Å². The van der Waals surface area contributed by atoms with Gasteiger partial charge in [0.15, 0.2) is 5.82 Å². The van der Waals surface area contributed by atoms with Crippen LogP contribution in [-0.2, 0) is 0 Å². The fourth-order valence-electron chi connectivity index (χ4n) is 7.64. The lowest BCUT2D eigenvalue weighted by molar-refractivity contribution is 0.672. The minimum Gasteiger partial charge on any atom is -0.455 e. The van der Waals surface area contributed by atoms with Gasteiger partial charge in [-0.3, -0.25) is 0 Å². The Hall–Kier alpha value is -6.10. The second-order valence-electron chi connectivity index (χ2n) is 12.5. The molecule has 3 nitrogen and oxygen atoms in total. The molecule has 0 aliphatic heterocycles. The van der Waals surface area contributed by atoms with E-state index < -0.39 is 0 Å². The first-order valence-corrected chi connectivity index (χ1v) is 17.0. The largest absolute Gasteiger partial charge is 0.455 e. The number of thiophene rings is 1. The molecule has 222 valence electrons. The van der Waals surface area contributed by atoms with Crippen LogP contribution in [0.15, 0.2) is 150 Å². The summed E-state index contributed by atoms with van der Waals surface area (Å²) in [6.45, 7) is 0. The van der Waals surface area contributed by atoms with Gasteiger partial charge in [0, 0.05) is 52.8 Å². The number of aromatic nitrogens is 2. The summed E-state index contributed by atoms with van der Waals surface area (Å²) >= 11 is 1.83. The summed E-state index contributed by atoms with van der Waals surface area (Å²) in [6, 6.07) is 51.8. The third-order valence-electron chi connectivity index (χ3n) is 9.86. The number of hydrogen-bond acceptors (Lipinski definition) is 4. The molecule has 0 unspecified atom stereocenters. The maximum Gasteiger partial charge on any atom is 0.160 e. The first-order chi connectivity index (χ1) is 23.8. The summed E-state index contributed by atoms with van der Waals surface area (Å²) in [4.78, 5) is 10.4. The molecular weight excluding hydrogens is 605 g/mol. The summed E-state index contributed by atoms with van der Waals surface area (Å²) in [5.41, 5.74) is 5.90. The molecule has 0 N–H and O–H groups in total. The lowest BCUT2D eigenvalue weighted by Crippen LogP contribution is -1.95. The fourth-order valence-corrected chi connectivity index (χ4v) is 8.85. The van der Waals surface area contributed by atoms with Gasteiger partial charge < -0.3 is 4.42 Å². The van der Waals surface area contributed by atoms with Crippen molar-refractivity contribution in [3.8, 4) is 22.6 Å². The highest BCUT2D eigenvalue weighted by Gasteiger charge is 2.17. The van der Waals surface area contributed by atoms with Gasteiger partial charge in [0.2, 0.25) is 0 Å². The SMILES string of the molecule is c1ccc2c(-c3cccc4c3sc3ccccc34)nc(-c3ccc4c(ccc5ccc6c(ccc7c8ccccc8oc76)c54)c3)nc2c1. The van der Waals surface area contributed by atoms with Gasteiger partial charge in [-0.1, -0.05) is 109 Å². The molecule has 11 aromatic rings. The van der Waals surface area contributed by atoms with Gasteiger partial charge in [0.1, 0.15) is 11.2 Å². The van der Waals surface area contributed by atoms with Gasteiger partial charge in [-0.15, -0.1) is 11.3 Å². The van der Waals surface area contributed by atoms with Crippen LogP contribution in [-0.4, -0.2) is 9.97 Å². The van der Waals surface area contributed by atoms with Crippen molar-refractivity contribution in [2.75, 3.05) is 0 Å². The molecule has 0 spiro atoms. The van der Waals surface area contributed by atoms with E-state index in [1.807, 2.05) is 23.5 Å². The second-order valence-corrected chi connectivity index (χ2v) is 13.5. The van der Waals surface area contributed by atoms with Crippen LogP contribution in [0.5, 0.6) is 0 Å². The van der Waals surface area contributed by atoms with Gasteiger partial charge in [-0.05, 0) is 63.3 Å². The van der Waals surface area contributed by atoms with E-state index in [1.54, 1.807) is 0 Å². The molecule has 0 atom stereocenters. The van der Waals surface area contributed by atoms with Crippen molar-refractivity contribution in [1.82, 2.24) is 9.97 Å². The topological polar surface area (TPSA) is 38.9 Å². The highest BCUT2D eigenvalue weighted by atomic mass is 32.1. The zero-order valence-electron chi connectivity index (χ0n) is 25.6. The standard InChI is InChI=1S/C44H24N2OS/c1-4-13-37-35(10-1)41(36-12-7-11-34-30-9-3-6-15-39(30)48-43(34)36)46-44(45-37)27-19-20-28-26(24-27)17-16-25-18-21-33-31(40(25)28)22-23-32-29-8-2-5-14-38(29)47-42(32)33/h1-24H. The van der Waals surface area contributed by atoms with Crippen molar-refractivity contribution in [2.24, 2.45) is 0 Å². The van der Waals surface area contributed by atoms with E-state index in [9.17, 15) is 0 Å². The van der Waals surface area contributed by atoms with E-state index in [4.69, 9.17) is 14.4 Å². The Morgan fingerprint density at radius 2 is 1.19 bits per heavy atom. The molecule has 0 fully saturated rings. The van der Waals surface area contributed by atoms with Crippen molar-refractivity contribution < 1.29 is 4.42 Å². The van der Waals surface area contributed by atoms with Crippen LogP contribution in [0.2, 0.25) is 0 Å². The molecule has 48 heavy (non-hydrogen) atoms. The van der Waals surface area contributed by atoms with Crippen LogP contribution in [0.25, 0.3) is 108 Å². The van der Waals surface area contributed by atoms with Crippen LogP contribution >= 0.6 is 11.3 Å². The van der Waals surface area contributed by atoms with Crippen LogP contribution in [0, 0.1) is 0 Å². The second kappa shape index (κ2) is 9.71. The highest BCUT2D eigenvalue weighted by molar-refractivity contribution is 7.26. The Labute approximate surface area is 278 Å². The number of furan rings is 1. The van der Waals surface area contributed by atoms with Crippen molar-refractivity contribution in [2.45, 2.75) is 0 Å². The monoisotopic (exact) mass is 628 g/mol. The summed E-state index contributed by atoms with van der Waals surface area (Å²) in [5, 5.41) is 13.0. The number of para-hydroxylation sites is 2. The molecule has 0 radical (unpaired) electrons. The maximum atomic E-state index is 6.41. The molecule has 0 saturated carbocycles. The lowest BCUT2D eigenvalue weighted by atomic mass is 9.94. The van der Waals surface area contributed by atoms with Crippen LogP contribution < -0.4 is 0 Å². The smallest absolute Gasteiger partial charge is 0.160 e. The predicted molar refractivity (Wildman–Crippen MR) is 203 cm³/mol. The van der Waals surface area contributed by atoms with E-state index in [0.29, 0.717) is 0 Å². The maximum absolute atomic E-state index is 6.41. The van der Waals surface area contributed by atoms with Crippen LogP contribution in [0.3, 0.4) is 0 Å². The predicted octanol–water partition coefficient (Wildman–Crippen LogP) is 12.7. The quantitative estimate of drug-likeness (QED) is 0.179. The summed E-state index contributed by atoms with van der Waals surface area (Å²) in [6.07, 6.45) is 0. The number of benzene rings is 8. The molecule has 0 aliphatic rings. The van der Waals surface area contributed by atoms with Gasteiger partial charge in [-0.25, -0.2) is 9.97 Å². The van der Waals surface area contributed by atoms with E-state index in [1.165, 1.54) is 41.7 Å². The molecule has 0 bridgehead atoms. The number of rotatable bonds is 2. The van der Waals surface area contributed by atoms with E-state index in [0.717, 1.165) is 66.3 Å². The zero-order chi connectivity index (χ0) is 31.3. The fraction of sp³-hybridized carbons (Fsp3) is 0. The molecule has 8 aromatic carbocycles. The summed E-state index contributed by atoms with van der Waals surface area (Å²) in [7, 11) is 0. The Bertz CT molecular complexity index is 3130. The van der Waals surface area contributed by atoms with E-state index in [2.05, 4.69) is 133 Å². The Balaban J connectivity index is 1.13. The number of fused-ring (bicyclic) bond motifs is 13. The first-order valence-electron chi connectivity index (χ1n) is 16.2. The molecule has 3 heterocycles. The Morgan fingerprint density at radius 1 is 0.479 bits per heavy atom. The van der Waals surface area contributed by atoms with Crippen LogP contribution in [0.4, 0.5) is 0 Å². The summed E-state index contributed by atoms with van der Waals surface area (Å²) < 4.78 is 8.95. The van der Waals surface area contributed by atoms with E-state index >= 15 is 0 Å². The molecule has 4 heteroatoms. The van der Waals surface area contributed by atoms with Crippen molar-refractivity contribution in [1.29, 1.82) is 0 Å².